The number of halogens is 3. The molecule has 1 aromatic carbocycles. The van der Waals surface area contributed by atoms with Gasteiger partial charge in [-0.2, -0.15) is 13.2 Å². The zero-order valence-electron chi connectivity index (χ0n) is 12.9. The Morgan fingerprint density at radius 1 is 1.08 bits per heavy atom. The molecule has 0 heterocycles. The van der Waals surface area contributed by atoms with Gasteiger partial charge in [0.1, 0.15) is 6.54 Å². The van der Waals surface area contributed by atoms with Gasteiger partial charge in [0.25, 0.3) is 11.8 Å². The molecule has 0 aliphatic carbocycles. The van der Waals surface area contributed by atoms with Gasteiger partial charge in [0.05, 0.1) is 5.56 Å². The van der Waals surface area contributed by atoms with E-state index in [1.54, 1.807) is 0 Å². The Hall–Kier alpha value is -2.58. The molecule has 132 valence electrons. The van der Waals surface area contributed by atoms with Gasteiger partial charge in [-0.3, -0.25) is 14.4 Å². The van der Waals surface area contributed by atoms with Crippen LogP contribution in [0.3, 0.4) is 0 Å². The summed E-state index contributed by atoms with van der Waals surface area (Å²) in [6, 6.07) is 3.54. The first-order valence-corrected chi connectivity index (χ1v) is 7.11. The van der Waals surface area contributed by atoms with Crippen LogP contribution >= 0.6 is 0 Å². The number of hydrogen-bond donors (Lipinski definition) is 2. The van der Waals surface area contributed by atoms with Crippen molar-refractivity contribution in [1.82, 2.24) is 10.6 Å². The van der Waals surface area contributed by atoms with E-state index in [-0.39, 0.29) is 5.56 Å². The number of esters is 1. The molecule has 0 bridgehead atoms. The van der Waals surface area contributed by atoms with Gasteiger partial charge in [0.2, 0.25) is 0 Å². The van der Waals surface area contributed by atoms with Gasteiger partial charge in [-0.15, -0.1) is 0 Å². The Balaban J connectivity index is 2.40. The molecule has 0 aliphatic rings. The molecule has 0 saturated carbocycles. The number of alkyl halides is 3. The highest BCUT2D eigenvalue weighted by atomic mass is 19.4. The Labute approximate surface area is 136 Å². The largest absolute Gasteiger partial charge is 0.454 e. The van der Waals surface area contributed by atoms with Crippen LogP contribution in [0.1, 0.15) is 29.3 Å². The maximum Gasteiger partial charge on any atom is 0.416 e. The summed E-state index contributed by atoms with van der Waals surface area (Å²) in [5.74, 6) is -2.02. The van der Waals surface area contributed by atoms with Crippen LogP contribution in [0.25, 0.3) is 0 Å². The Morgan fingerprint density at radius 2 is 1.71 bits per heavy atom. The first-order chi connectivity index (χ1) is 11.2. The highest BCUT2D eigenvalue weighted by molar-refractivity contribution is 5.96. The van der Waals surface area contributed by atoms with Crippen LogP contribution in [-0.2, 0) is 20.5 Å². The minimum atomic E-state index is -4.49. The van der Waals surface area contributed by atoms with Crippen molar-refractivity contribution in [2.24, 2.45) is 0 Å². The second-order valence-electron chi connectivity index (χ2n) is 4.77. The zero-order valence-corrected chi connectivity index (χ0v) is 12.9. The summed E-state index contributed by atoms with van der Waals surface area (Å²) < 4.78 is 41.9. The van der Waals surface area contributed by atoms with Crippen molar-refractivity contribution >= 4 is 17.8 Å². The van der Waals surface area contributed by atoms with Gasteiger partial charge < -0.3 is 15.4 Å². The van der Waals surface area contributed by atoms with E-state index in [2.05, 4.69) is 15.4 Å². The number of carbonyl (C=O) groups excluding carboxylic acids is 3. The normalized spacial score (nSPS) is 10.8. The highest BCUT2D eigenvalue weighted by Crippen LogP contribution is 2.28. The van der Waals surface area contributed by atoms with Crippen LogP contribution in [0.5, 0.6) is 0 Å². The molecule has 1 rings (SSSR count). The van der Waals surface area contributed by atoms with Gasteiger partial charge in [-0.1, -0.05) is 6.92 Å². The van der Waals surface area contributed by atoms with Crippen molar-refractivity contribution in [1.29, 1.82) is 0 Å². The van der Waals surface area contributed by atoms with Crippen LogP contribution < -0.4 is 10.6 Å². The van der Waals surface area contributed by atoms with E-state index in [1.165, 1.54) is 0 Å². The molecule has 0 unspecified atom stereocenters. The minimum Gasteiger partial charge on any atom is -0.454 e. The minimum absolute atomic E-state index is 0.0310. The second kappa shape index (κ2) is 8.90. The molecule has 0 aromatic heterocycles. The summed E-state index contributed by atoms with van der Waals surface area (Å²) in [4.78, 5) is 34.3. The molecule has 0 saturated heterocycles. The molecule has 0 radical (unpaired) electrons. The van der Waals surface area contributed by atoms with Crippen LogP contribution in [0.4, 0.5) is 13.2 Å². The van der Waals surface area contributed by atoms with Crippen LogP contribution in [-0.4, -0.2) is 37.5 Å². The molecule has 2 N–H and O–H groups in total. The highest BCUT2D eigenvalue weighted by Gasteiger charge is 2.30. The summed E-state index contributed by atoms with van der Waals surface area (Å²) in [7, 11) is 0. The molecular weight excluding hydrogens is 329 g/mol. The van der Waals surface area contributed by atoms with E-state index in [0.717, 1.165) is 30.7 Å². The maximum atomic E-state index is 12.4. The summed E-state index contributed by atoms with van der Waals surface area (Å²) in [5.41, 5.74) is -0.909. The van der Waals surface area contributed by atoms with Crippen molar-refractivity contribution in [3.05, 3.63) is 35.4 Å². The monoisotopic (exact) mass is 346 g/mol. The fourth-order valence-corrected chi connectivity index (χ4v) is 1.58. The molecule has 0 atom stereocenters. The van der Waals surface area contributed by atoms with Gasteiger partial charge in [-0.25, -0.2) is 0 Å². The fraction of sp³-hybridized carbons (Fsp3) is 0.400. The molecule has 6 nitrogen and oxygen atoms in total. The summed E-state index contributed by atoms with van der Waals surface area (Å²) in [6.45, 7) is 1.36. The third-order valence-corrected chi connectivity index (χ3v) is 2.80. The quantitative estimate of drug-likeness (QED) is 0.733. The zero-order chi connectivity index (χ0) is 18.2. The molecule has 1 aromatic rings. The van der Waals surface area contributed by atoms with Crippen LogP contribution in [0.15, 0.2) is 24.3 Å². The maximum absolute atomic E-state index is 12.4. The third kappa shape index (κ3) is 6.67. The Kier molecular flexibility index (Phi) is 7.22. The fourth-order valence-electron chi connectivity index (χ4n) is 1.58. The van der Waals surface area contributed by atoms with E-state index in [1.807, 2.05) is 6.92 Å². The molecule has 2 amide bonds. The summed E-state index contributed by atoms with van der Waals surface area (Å²) >= 11 is 0. The van der Waals surface area contributed by atoms with Gasteiger partial charge >= 0.3 is 12.1 Å². The number of carbonyl (C=O) groups is 3. The predicted octanol–water partition coefficient (Wildman–Crippen LogP) is 1.50. The smallest absolute Gasteiger partial charge is 0.416 e. The van der Waals surface area contributed by atoms with Gasteiger partial charge in [0, 0.05) is 12.1 Å². The first-order valence-electron chi connectivity index (χ1n) is 7.11. The summed E-state index contributed by atoms with van der Waals surface area (Å²) in [5, 5.41) is 4.70. The number of nitrogens with one attached hydrogen (secondary N) is 2. The third-order valence-electron chi connectivity index (χ3n) is 2.80. The van der Waals surface area contributed by atoms with E-state index in [9.17, 15) is 27.6 Å². The Morgan fingerprint density at radius 3 is 2.25 bits per heavy atom. The summed E-state index contributed by atoms with van der Waals surface area (Å²) in [6.07, 6.45) is -3.75. The standard InChI is InChI=1S/C15H17F3N2O4/c1-2-7-19-12(21)9-24-13(22)8-20-14(23)10-3-5-11(6-4-10)15(16,17)18/h3-6H,2,7-9H2,1H3,(H,19,21)(H,20,23). The van der Waals surface area contributed by atoms with Crippen molar-refractivity contribution in [3.63, 3.8) is 0 Å². The van der Waals surface area contributed by atoms with Crippen LogP contribution in [0.2, 0.25) is 0 Å². The van der Waals surface area contributed by atoms with Crippen molar-refractivity contribution in [2.75, 3.05) is 19.7 Å². The van der Waals surface area contributed by atoms with Crippen molar-refractivity contribution in [2.45, 2.75) is 19.5 Å². The lowest BCUT2D eigenvalue weighted by molar-refractivity contribution is -0.147. The number of rotatable bonds is 7. The van der Waals surface area contributed by atoms with Gasteiger partial charge in [0.15, 0.2) is 6.61 Å². The number of ether oxygens (including phenoxy) is 1. The van der Waals surface area contributed by atoms with Crippen molar-refractivity contribution < 1.29 is 32.3 Å². The second-order valence-corrected chi connectivity index (χ2v) is 4.77. The average molecular weight is 346 g/mol. The van der Waals surface area contributed by atoms with E-state index in [0.29, 0.717) is 6.54 Å². The van der Waals surface area contributed by atoms with Gasteiger partial charge in [-0.05, 0) is 30.7 Å². The van der Waals surface area contributed by atoms with E-state index < -0.39 is 42.7 Å². The number of benzene rings is 1. The lowest BCUT2D eigenvalue weighted by atomic mass is 10.1. The molecule has 9 heteroatoms. The number of hydrogen-bond acceptors (Lipinski definition) is 4. The molecule has 24 heavy (non-hydrogen) atoms. The van der Waals surface area contributed by atoms with Crippen molar-refractivity contribution in [3.8, 4) is 0 Å². The van der Waals surface area contributed by atoms with Crippen LogP contribution in [0, 0.1) is 0 Å². The Bertz CT molecular complexity index is 585. The topological polar surface area (TPSA) is 84.5 Å². The molecule has 0 aliphatic heterocycles. The van der Waals surface area contributed by atoms with E-state index >= 15 is 0 Å². The number of amides is 2. The van der Waals surface area contributed by atoms with E-state index in [4.69, 9.17) is 0 Å². The predicted molar refractivity (Wildman–Crippen MR) is 78.0 cm³/mol. The first kappa shape index (κ1) is 19.5. The lowest BCUT2D eigenvalue weighted by Crippen LogP contribution is -2.34. The SMILES string of the molecule is CCCNC(=O)COC(=O)CNC(=O)c1ccc(C(F)(F)F)cc1. The molecular formula is C15H17F3N2O4. The molecule has 0 fully saturated rings. The molecule has 0 spiro atoms. The lowest BCUT2D eigenvalue weighted by Gasteiger charge is -2.08. The average Bonchev–Trinajstić information content (AvgIpc) is 2.55.